The molecule has 8 atom stereocenters. The molecule has 11 N–H and O–H groups in total. The van der Waals surface area contributed by atoms with E-state index in [2.05, 4.69) is 26.6 Å². The molecule has 0 saturated carbocycles. The third-order valence-electron chi connectivity index (χ3n) is 15.0. The molecule has 6 rings (SSSR count). The van der Waals surface area contributed by atoms with Crippen LogP contribution < -0.4 is 32.1 Å². The summed E-state index contributed by atoms with van der Waals surface area (Å²) in [5.41, 5.74) is 1.08. The van der Waals surface area contributed by atoms with Gasteiger partial charge in [-0.3, -0.25) is 48.1 Å². The fraction of sp³-hybridized carbons (Fsp3) is 0.554. The van der Waals surface area contributed by atoms with Gasteiger partial charge in [-0.25, -0.2) is 14.2 Å². The Bertz CT molecular complexity index is 3080. The van der Waals surface area contributed by atoms with Crippen LogP contribution in [0.1, 0.15) is 106 Å². The molecule has 0 bridgehead atoms. The van der Waals surface area contributed by atoms with Gasteiger partial charge in [0.1, 0.15) is 61.7 Å². The minimum Gasteiger partial charge on any atom is -0.458 e. The standard InChI is InChI=1S/C56H74FN9O18/c1-6-56(82)36-21-40-48-34(24-66(40)54(80)35(36)27-84-55(56)81)32(33-20-29(2)37(57)22-39(33)63-48)12-9-11-19-83-28-59-44(71)23-58-51(77)30(3)60-52(78)31(4)61-53(79)38(62-43(70)13-8-7-10-18-65-46(73)16-17-47(65)74)14-15-45(72)64(5)25-41(68)49(75)50(76)42(69)26-67/h16-17,20-22,30-31,38,41-42,49-50,67-69,75-76,82H,6-15,18-19,23-28H2,1-5H3,(H,58,77)(H,59,71)(H,60,78)(H,61,79)(H,62,70)/t30-,31-,38-,41-,42+,49+,50+,56-/m0/s1. The Morgan fingerprint density at radius 3 is 2.20 bits per heavy atom. The van der Waals surface area contributed by atoms with E-state index in [1.807, 2.05) is 0 Å². The number of pyridine rings is 2. The molecule has 3 aromatic rings. The molecule has 0 unspecified atom stereocenters. The number of rotatable bonds is 31. The molecule has 2 aromatic heterocycles. The first-order valence-electron chi connectivity index (χ1n) is 27.7. The fourth-order valence-corrected chi connectivity index (χ4v) is 9.88. The van der Waals surface area contributed by atoms with Crippen LogP contribution in [0.3, 0.4) is 0 Å². The first-order chi connectivity index (χ1) is 39.8. The van der Waals surface area contributed by atoms with Crippen LogP contribution in [0.2, 0.25) is 0 Å². The van der Waals surface area contributed by atoms with Gasteiger partial charge in [0.15, 0.2) is 5.60 Å². The SMILES string of the molecule is CC[C@@]1(O)C(=O)OCc2c1cc1n(c2=O)Cc2c-1nc1cc(F)c(C)cc1c2CCCCOCNC(=O)CNC(=O)[C@H](C)NC(=O)[C@H](C)NC(=O)[C@H](CCC(=O)N(C)C[C@H](O)[C@@H](O)[C@H](O)[C@H](O)CO)NC(=O)CCCCCN1C(=O)C=CC1=O. The number of ether oxygens (including phenoxy) is 2. The lowest BCUT2D eigenvalue weighted by Gasteiger charge is -2.31. The summed E-state index contributed by atoms with van der Waals surface area (Å²) < 4.78 is 27.3. The predicted molar refractivity (Wildman–Crippen MR) is 294 cm³/mol. The lowest BCUT2D eigenvalue weighted by atomic mass is 9.86. The van der Waals surface area contributed by atoms with E-state index in [0.29, 0.717) is 66.4 Å². The van der Waals surface area contributed by atoms with Gasteiger partial charge in [-0.15, -0.1) is 0 Å². The summed E-state index contributed by atoms with van der Waals surface area (Å²) in [5, 5.41) is 73.6. The molecule has 0 aliphatic carbocycles. The number of hydrogen-bond acceptors (Lipinski definition) is 19. The third kappa shape index (κ3) is 15.8. The van der Waals surface area contributed by atoms with E-state index in [1.54, 1.807) is 26.0 Å². The molecule has 27 nitrogen and oxygen atoms in total. The van der Waals surface area contributed by atoms with Crippen molar-refractivity contribution >= 4 is 64.1 Å². The van der Waals surface area contributed by atoms with Crippen molar-refractivity contribution < 1.29 is 87.7 Å². The number of likely N-dealkylation sites (N-methyl/N-ethyl adjacent to an activating group) is 1. The van der Waals surface area contributed by atoms with Crippen molar-refractivity contribution in [3.63, 3.8) is 0 Å². The number of benzene rings is 1. The highest BCUT2D eigenvalue weighted by molar-refractivity contribution is 6.12. The Labute approximate surface area is 481 Å². The number of halogens is 1. The predicted octanol–water partition coefficient (Wildman–Crippen LogP) is -2.29. The van der Waals surface area contributed by atoms with Gasteiger partial charge in [-0.05, 0) is 89.0 Å². The average Bonchev–Trinajstić information content (AvgIpc) is 1.55. The molecule has 0 fully saturated rings. The van der Waals surface area contributed by atoms with Gasteiger partial charge in [-0.2, -0.15) is 0 Å². The second-order valence-corrected chi connectivity index (χ2v) is 21.1. The minimum atomic E-state index is -2.02. The zero-order valence-electron chi connectivity index (χ0n) is 47.4. The molecular formula is C56H74FN9O18. The van der Waals surface area contributed by atoms with E-state index >= 15 is 0 Å². The van der Waals surface area contributed by atoms with E-state index in [9.17, 15) is 77.9 Å². The smallest absolute Gasteiger partial charge is 0.343 e. The highest BCUT2D eigenvalue weighted by atomic mass is 19.1. The molecule has 1 aromatic carbocycles. The number of aliphatic hydroxyl groups excluding tert-OH is 5. The van der Waals surface area contributed by atoms with Gasteiger partial charge in [0.05, 0.1) is 42.2 Å². The number of cyclic esters (lactones) is 1. The number of hydrogen-bond donors (Lipinski definition) is 11. The molecule has 84 heavy (non-hydrogen) atoms. The van der Waals surface area contributed by atoms with Crippen LogP contribution in [0.15, 0.2) is 35.1 Å². The summed E-state index contributed by atoms with van der Waals surface area (Å²) in [6.07, 6.45) is -3.32. The molecule has 28 heteroatoms. The van der Waals surface area contributed by atoms with Crippen LogP contribution >= 0.6 is 0 Å². The lowest BCUT2D eigenvalue weighted by molar-refractivity contribution is -0.172. The summed E-state index contributed by atoms with van der Waals surface area (Å²) in [5.74, 6) is -6.59. The van der Waals surface area contributed by atoms with Gasteiger partial charge in [-0.1, -0.05) is 13.3 Å². The number of aromatic nitrogens is 2. The van der Waals surface area contributed by atoms with E-state index < -0.39 is 139 Å². The fourth-order valence-electron chi connectivity index (χ4n) is 9.88. The topological polar surface area (TPSA) is 395 Å². The second kappa shape index (κ2) is 29.3. The summed E-state index contributed by atoms with van der Waals surface area (Å²) in [6, 6.07) is 0.713. The Morgan fingerprint density at radius 2 is 1.51 bits per heavy atom. The van der Waals surface area contributed by atoms with Crippen molar-refractivity contribution in [3.05, 3.63) is 74.3 Å². The third-order valence-corrected chi connectivity index (χ3v) is 15.0. The van der Waals surface area contributed by atoms with Crippen molar-refractivity contribution in [1.82, 2.24) is 45.9 Å². The molecule has 0 spiro atoms. The molecule has 3 aliphatic rings. The quantitative estimate of drug-likeness (QED) is 0.0109. The Hall–Kier alpha value is -7.60. The van der Waals surface area contributed by atoms with Crippen molar-refractivity contribution in [3.8, 4) is 11.4 Å². The van der Waals surface area contributed by atoms with Crippen LogP contribution in [-0.4, -0.2) is 192 Å². The zero-order valence-corrected chi connectivity index (χ0v) is 47.4. The van der Waals surface area contributed by atoms with E-state index in [1.165, 1.54) is 31.5 Å². The molecule has 5 heterocycles. The molecule has 458 valence electrons. The number of imide groups is 1. The van der Waals surface area contributed by atoms with Crippen molar-refractivity contribution in [1.29, 1.82) is 0 Å². The summed E-state index contributed by atoms with van der Waals surface area (Å²) in [7, 11) is 1.25. The maximum absolute atomic E-state index is 14.9. The van der Waals surface area contributed by atoms with Crippen molar-refractivity contribution in [2.24, 2.45) is 0 Å². The molecule has 3 aliphatic heterocycles. The number of esters is 1. The molecular weight excluding hydrogens is 1110 g/mol. The number of unbranched alkanes of at least 4 members (excludes halogenated alkanes) is 3. The summed E-state index contributed by atoms with van der Waals surface area (Å²) in [4.78, 5) is 136. The van der Waals surface area contributed by atoms with Gasteiger partial charge in [0.2, 0.25) is 35.4 Å². The highest BCUT2D eigenvalue weighted by Gasteiger charge is 2.46. The second-order valence-electron chi connectivity index (χ2n) is 21.1. The summed E-state index contributed by atoms with van der Waals surface area (Å²) >= 11 is 0. The van der Waals surface area contributed by atoms with E-state index in [0.717, 1.165) is 33.1 Å². The molecule has 0 saturated heterocycles. The van der Waals surface area contributed by atoms with Crippen LogP contribution in [-0.2, 0) is 77.8 Å². The van der Waals surface area contributed by atoms with Crippen LogP contribution in [0.4, 0.5) is 4.39 Å². The Balaban J connectivity index is 0.945. The highest BCUT2D eigenvalue weighted by Crippen LogP contribution is 2.41. The zero-order chi connectivity index (χ0) is 61.7. The largest absolute Gasteiger partial charge is 0.458 e. The average molecular weight is 1180 g/mol. The minimum absolute atomic E-state index is 0.0280. The number of aliphatic hydroxyl groups is 6. The number of nitrogens with one attached hydrogen (secondary N) is 5. The van der Waals surface area contributed by atoms with Gasteiger partial charge < -0.3 is 76.2 Å². The number of carbonyl (C=O) groups excluding carboxylic acids is 9. The maximum atomic E-state index is 14.9. The van der Waals surface area contributed by atoms with E-state index in [4.69, 9.17) is 19.6 Å². The summed E-state index contributed by atoms with van der Waals surface area (Å²) in [6.45, 7) is 3.92. The Morgan fingerprint density at radius 1 is 0.833 bits per heavy atom. The van der Waals surface area contributed by atoms with Gasteiger partial charge in [0.25, 0.3) is 17.4 Å². The Kier molecular flexibility index (Phi) is 22.8. The lowest BCUT2D eigenvalue weighted by Crippen LogP contribution is -2.55. The first kappa shape index (κ1) is 65.6. The number of amides is 8. The first-order valence-corrected chi connectivity index (χ1v) is 27.7. The van der Waals surface area contributed by atoms with E-state index in [-0.39, 0.29) is 63.4 Å². The number of fused-ring (bicyclic) bond motifs is 5. The normalized spacial score (nSPS) is 17.7. The molecule has 8 amide bonds. The van der Waals surface area contributed by atoms with Crippen LogP contribution in [0.5, 0.6) is 0 Å². The maximum Gasteiger partial charge on any atom is 0.343 e. The number of nitrogens with zero attached hydrogens (tertiary/aromatic N) is 4. The molecule has 0 radical (unpaired) electrons. The van der Waals surface area contributed by atoms with Crippen molar-refractivity contribution in [2.45, 2.75) is 153 Å². The van der Waals surface area contributed by atoms with Crippen LogP contribution in [0.25, 0.3) is 22.3 Å². The van der Waals surface area contributed by atoms with Gasteiger partial charge >= 0.3 is 5.97 Å². The van der Waals surface area contributed by atoms with Gasteiger partial charge in [0, 0.05) is 74.3 Å². The van der Waals surface area contributed by atoms with Crippen LogP contribution in [0, 0.1) is 12.7 Å². The number of aryl methyl sites for hydroxylation is 2. The monoisotopic (exact) mass is 1180 g/mol. The van der Waals surface area contributed by atoms with Crippen molar-refractivity contribution in [2.75, 3.05) is 46.6 Å². The number of carbonyl (C=O) groups is 9.